The molecule has 2 aromatic heterocycles. The third-order valence-electron chi connectivity index (χ3n) is 9.26. The maximum atomic E-state index is 5.25. The summed E-state index contributed by atoms with van der Waals surface area (Å²) in [6.07, 6.45) is 0. The smallest absolute Gasteiger partial charge is 0.160 e. The zero-order valence-electron chi connectivity index (χ0n) is 27.2. The number of fused-ring (bicyclic) bond motifs is 3. The Labute approximate surface area is 291 Å². The van der Waals surface area contributed by atoms with Crippen molar-refractivity contribution in [3.63, 3.8) is 0 Å². The number of nitrogens with zero attached hydrogens (tertiary/aromatic N) is 3. The highest BCUT2D eigenvalue weighted by Crippen LogP contribution is 2.38. The lowest BCUT2D eigenvalue weighted by atomic mass is 9.94. The highest BCUT2D eigenvalue weighted by atomic mass is 14.9. The van der Waals surface area contributed by atoms with E-state index in [4.69, 9.17) is 15.0 Å². The van der Waals surface area contributed by atoms with Gasteiger partial charge in [0.25, 0.3) is 0 Å². The highest BCUT2D eigenvalue weighted by molar-refractivity contribution is 6.13. The van der Waals surface area contributed by atoms with Crippen molar-refractivity contribution in [3.8, 4) is 67.4 Å². The first-order valence-electron chi connectivity index (χ1n) is 16.9. The largest absolute Gasteiger partial charge is 0.248 e. The van der Waals surface area contributed by atoms with Gasteiger partial charge in [0.05, 0.1) is 22.6 Å². The molecule has 0 aliphatic rings. The fourth-order valence-electron chi connectivity index (χ4n) is 6.79. The molecule has 3 heteroatoms. The van der Waals surface area contributed by atoms with Gasteiger partial charge in [0, 0.05) is 27.6 Å². The van der Waals surface area contributed by atoms with Gasteiger partial charge in [0.2, 0.25) is 0 Å². The first-order chi connectivity index (χ1) is 24.8. The van der Waals surface area contributed by atoms with Crippen molar-refractivity contribution in [1.29, 1.82) is 0 Å². The summed E-state index contributed by atoms with van der Waals surface area (Å²) in [6, 6.07) is 65.6. The first-order valence-corrected chi connectivity index (χ1v) is 16.9. The van der Waals surface area contributed by atoms with Crippen LogP contribution in [0.4, 0.5) is 0 Å². The Morgan fingerprint density at radius 3 is 1.46 bits per heavy atom. The van der Waals surface area contributed by atoms with E-state index >= 15 is 0 Å². The predicted molar refractivity (Wildman–Crippen MR) is 207 cm³/mol. The van der Waals surface area contributed by atoms with Crippen LogP contribution in [0.15, 0.2) is 188 Å². The Hall–Kier alpha value is -6.71. The SMILES string of the molecule is c1ccc(-c2cccc(-c3cc(-c4cccc(-c5cc(-c6ccccc6)c6c(ccc7ccccc76)n5)c4)nc(-c4ccccc4)n3)c2)cc1. The van der Waals surface area contributed by atoms with E-state index < -0.39 is 0 Å². The summed E-state index contributed by atoms with van der Waals surface area (Å²) in [4.78, 5) is 15.5. The Morgan fingerprint density at radius 2 is 0.800 bits per heavy atom. The van der Waals surface area contributed by atoms with Crippen LogP contribution in [-0.2, 0) is 0 Å². The molecule has 7 aromatic carbocycles. The molecular formula is C47H31N3. The van der Waals surface area contributed by atoms with Crippen molar-refractivity contribution in [2.45, 2.75) is 0 Å². The van der Waals surface area contributed by atoms with Crippen LogP contribution in [0, 0.1) is 0 Å². The van der Waals surface area contributed by atoms with Gasteiger partial charge < -0.3 is 0 Å². The predicted octanol–water partition coefficient (Wildman–Crippen LogP) is 12.2. The van der Waals surface area contributed by atoms with Gasteiger partial charge in [-0.05, 0) is 63.4 Å². The summed E-state index contributed by atoms with van der Waals surface area (Å²) in [5.74, 6) is 0.690. The van der Waals surface area contributed by atoms with Crippen molar-refractivity contribution in [1.82, 2.24) is 15.0 Å². The quantitative estimate of drug-likeness (QED) is 0.170. The van der Waals surface area contributed by atoms with Crippen molar-refractivity contribution >= 4 is 21.7 Å². The molecule has 2 heterocycles. The lowest BCUT2D eigenvalue weighted by molar-refractivity contribution is 1.18. The molecule has 50 heavy (non-hydrogen) atoms. The molecule has 0 radical (unpaired) electrons. The van der Waals surface area contributed by atoms with Crippen LogP contribution in [0.3, 0.4) is 0 Å². The molecule has 3 nitrogen and oxygen atoms in total. The van der Waals surface area contributed by atoms with E-state index in [-0.39, 0.29) is 0 Å². The Balaban J connectivity index is 1.20. The summed E-state index contributed by atoms with van der Waals surface area (Å²) in [6.45, 7) is 0. The molecule has 9 rings (SSSR count). The summed E-state index contributed by atoms with van der Waals surface area (Å²) in [5.41, 5.74) is 12.3. The van der Waals surface area contributed by atoms with E-state index in [1.54, 1.807) is 0 Å². The zero-order valence-corrected chi connectivity index (χ0v) is 27.2. The van der Waals surface area contributed by atoms with Crippen molar-refractivity contribution in [3.05, 3.63) is 188 Å². The molecule has 0 aliphatic carbocycles. The van der Waals surface area contributed by atoms with E-state index in [1.807, 2.05) is 24.3 Å². The van der Waals surface area contributed by atoms with Gasteiger partial charge in [-0.2, -0.15) is 0 Å². The fourth-order valence-corrected chi connectivity index (χ4v) is 6.79. The average Bonchev–Trinajstić information content (AvgIpc) is 3.21. The van der Waals surface area contributed by atoms with Crippen LogP contribution in [0.1, 0.15) is 0 Å². The molecule has 0 amide bonds. The third kappa shape index (κ3) is 5.61. The van der Waals surface area contributed by atoms with Crippen LogP contribution in [-0.4, -0.2) is 15.0 Å². The number of rotatable bonds is 6. The molecule has 0 N–H and O–H groups in total. The van der Waals surface area contributed by atoms with Gasteiger partial charge in [0.1, 0.15) is 0 Å². The first kappa shape index (κ1) is 29.4. The topological polar surface area (TPSA) is 38.7 Å². The second-order valence-corrected chi connectivity index (χ2v) is 12.5. The van der Waals surface area contributed by atoms with Gasteiger partial charge in [0.15, 0.2) is 5.82 Å². The van der Waals surface area contributed by atoms with Gasteiger partial charge in [-0.25, -0.2) is 15.0 Å². The number of hydrogen-bond acceptors (Lipinski definition) is 3. The maximum absolute atomic E-state index is 5.25. The second kappa shape index (κ2) is 12.7. The van der Waals surface area contributed by atoms with Crippen LogP contribution < -0.4 is 0 Å². The number of benzene rings is 7. The molecule has 0 fully saturated rings. The minimum atomic E-state index is 0.690. The lowest BCUT2D eigenvalue weighted by Gasteiger charge is -2.14. The van der Waals surface area contributed by atoms with Crippen LogP contribution in [0.2, 0.25) is 0 Å². The summed E-state index contributed by atoms with van der Waals surface area (Å²) >= 11 is 0. The van der Waals surface area contributed by atoms with Crippen LogP contribution in [0.25, 0.3) is 89.1 Å². The van der Waals surface area contributed by atoms with Gasteiger partial charge in [-0.3, -0.25) is 0 Å². The van der Waals surface area contributed by atoms with Gasteiger partial charge in [-0.1, -0.05) is 158 Å². The molecular weight excluding hydrogens is 607 g/mol. The zero-order chi connectivity index (χ0) is 33.3. The molecule has 0 bridgehead atoms. The maximum Gasteiger partial charge on any atom is 0.160 e. The fraction of sp³-hybridized carbons (Fsp3) is 0. The summed E-state index contributed by atoms with van der Waals surface area (Å²) < 4.78 is 0. The monoisotopic (exact) mass is 637 g/mol. The molecule has 0 atom stereocenters. The van der Waals surface area contributed by atoms with Gasteiger partial charge >= 0.3 is 0 Å². The van der Waals surface area contributed by atoms with E-state index in [2.05, 4.69) is 164 Å². The van der Waals surface area contributed by atoms with E-state index in [9.17, 15) is 0 Å². The minimum Gasteiger partial charge on any atom is -0.248 e. The Kier molecular flexibility index (Phi) is 7.49. The Morgan fingerprint density at radius 1 is 0.300 bits per heavy atom. The molecule has 0 saturated heterocycles. The van der Waals surface area contributed by atoms with E-state index in [1.165, 1.54) is 32.8 Å². The minimum absolute atomic E-state index is 0.690. The normalized spacial score (nSPS) is 11.2. The molecule has 9 aromatic rings. The molecule has 0 saturated carbocycles. The summed E-state index contributed by atoms with van der Waals surface area (Å²) in [5, 5.41) is 3.58. The molecule has 0 unspecified atom stereocenters. The van der Waals surface area contributed by atoms with Gasteiger partial charge in [-0.15, -0.1) is 0 Å². The van der Waals surface area contributed by atoms with Crippen molar-refractivity contribution in [2.75, 3.05) is 0 Å². The standard InChI is InChI=1S/C47H31N3/c1-4-14-32(15-5-1)36-21-12-22-37(28-36)44-31-45(50-47(49-44)35-19-8-3-9-20-35)39-24-13-23-38(29-39)43-30-41(33-16-6-2-7-17-33)46-40-25-11-10-18-34(40)26-27-42(46)48-43/h1-31H. The lowest BCUT2D eigenvalue weighted by Crippen LogP contribution is -1.96. The van der Waals surface area contributed by atoms with Crippen molar-refractivity contribution in [2.24, 2.45) is 0 Å². The Bertz CT molecular complexity index is 2630. The molecule has 234 valence electrons. The van der Waals surface area contributed by atoms with Crippen LogP contribution in [0.5, 0.6) is 0 Å². The number of hydrogen-bond donors (Lipinski definition) is 0. The molecule has 0 spiro atoms. The number of pyridine rings is 1. The molecule has 0 aliphatic heterocycles. The third-order valence-corrected chi connectivity index (χ3v) is 9.26. The second-order valence-electron chi connectivity index (χ2n) is 12.5. The van der Waals surface area contributed by atoms with Crippen LogP contribution >= 0.6 is 0 Å². The average molecular weight is 638 g/mol. The van der Waals surface area contributed by atoms with Crippen molar-refractivity contribution < 1.29 is 0 Å². The summed E-state index contributed by atoms with van der Waals surface area (Å²) in [7, 11) is 0. The number of aromatic nitrogens is 3. The van der Waals surface area contributed by atoms with E-state index in [0.29, 0.717) is 5.82 Å². The highest BCUT2D eigenvalue weighted by Gasteiger charge is 2.15. The van der Waals surface area contributed by atoms with E-state index in [0.717, 1.165) is 50.4 Å².